The van der Waals surface area contributed by atoms with Crippen LogP contribution in [0.4, 0.5) is 18.9 Å². The summed E-state index contributed by atoms with van der Waals surface area (Å²) in [5.41, 5.74) is -0.0441. The molecule has 1 saturated carbocycles. The fraction of sp³-hybridized carbons (Fsp3) is 0.235. The molecule has 3 rings (SSSR count). The van der Waals surface area contributed by atoms with Crippen LogP contribution < -0.4 is 5.32 Å². The van der Waals surface area contributed by atoms with Crippen LogP contribution >= 0.6 is 0 Å². The maximum atomic E-state index is 13.9. The summed E-state index contributed by atoms with van der Waals surface area (Å²) in [5, 5.41) is 1.92. The van der Waals surface area contributed by atoms with E-state index in [1.807, 2.05) is 0 Å². The lowest BCUT2D eigenvalue weighted by atomic mass is 10.1. The van der Waals surface area contributed by atoms with Gasteiger partial charge >= 0.3 is 0 Å². The number of benzene rings is 2. The van der Waals surface area contributed by atoms with Gasteiger partial charge in [0.15, 0.2) is 21.5 Å². The topological polar surface area (TPSA) is 63.2 Å². The van der Waals surface area contributed by atoms with Gasteiger partial charge in [0.2, 0.25) is 0 Å². The fourth-order valence-electron chi connectivity index (χ4n) is 2.37. The van der Waals surface area contributed by atoms with Crippen molar-refractivity contribution in [1.29, 1.82) is 0 Å². The lowest BCUT2D eigenvalue weighted by molar-refractivity contribution is 0.102. The number of anilines is 1. The van der Waals surface area contributed by atoms with Crippen molar-refractivity contribution < 1.29 is 26.4 Å². The molecule has 25 heavy (non-hydrogen) atoms. The summed E-state index contributed by atoms with van der Waals surface area (Å²) in [6.07, 6.45) is 1.14. The highest BCUT2D eigenvalue weighted by Gasteiger charge is 2.36. The first-order valence-electron chi connectivity index (χ1n) is 7.52. The van der Waals surface area contributed by atoms with Gasteiger partial charge in [-0.2, -0.15) is 0 Å². The monoisotopic (exact) mass is 369 g/mol. The van der Waals surface area contributed by atoms with E-state index in [-0.39, 0.29) is 16.8 Å². The summed E-state index contributed by atoms with van der Waals surface area (Å²) < 4.78 is 64.0. The Morgan fingerprint density at radius 3 is 2.32 bits per heavy atom. The molecule has 0 bridgehead atoms. The van der Waals surface area contributed by atoms with E-state index in [4.69, 9.17) is 0 Å². The Morgan fingerprint density at radius 2 is 1.68 bits per heavy atom. The molecule has 1 aliphatic rings. The van der Waals surface area contributed by atoms with Gasteiger partial charge in [0, 0.05) is 22.9 Å². The van der Waals surface area contributed by atoms with Crippen molar-refractivity contribution >= 4 is 21.4 Å². The van der Waals surface area contributed by atoms with Gasteiger partial charge in [-0.15, -0.1) is 0 Å². The van der Waals surface area contributed by atoms with Crippen molar-refractivity contribution in [2.75, 3.05) is 5.32 Å². The molecule has 0 heterocycles. The first-order chi connectivity index (χ1) is 11.8. The molecule has 132 valence electrons. The molecule has 1 N–H and O–H groups in total. The van der Waals surface area contributed by atoms with E-state index in [1.54, 1.807) is 0 Å². The molecule has 1 amide bonds. The highest BCUT2D eigenvalue weighted by Crippen LogP contribution is 2.31. The quantitative estimate of drug-likeness (QED) is 0.878. The Balaban J connectivity index is 1.80. The minimum Gasteiger partial charge on any atom is -0.322 e. The first kappa shape index (κ1) is 17.5. The van der Waals surface area contributed by atoms with Crippen LogP contribution in [0.2, 0.25) is 0 Å². The zero-order valence-corrected chi connectivity index (χ0v) is 13.7. The lowest BCUT2D eigenvalue weighted by Crippen LogP contribution is -2.15. The van der Waals surface area contributed by atoms with E-state index in [0.29, 0.717) is 12.8 Å². The number of halogens is 3. The molecular formula is C17H14F3NO3S. The summed E-state index contributed by atoms with van der Waals surface area (Å²) in [6, 6.07) is 6.22. The van der Waals surface area contributed by atoms with Gasteiger partial charge in [-0.3, -0.25) is 4.79 Å². The number of amides is 1. The summed E-state index contributed by atoms with van der Waals surface area (Å²) in [6.45, 7) is 0. The smallest absolute Gasteiger partial charge is 0.255 e. The molecule has 0 unspecified atom stereocenters. The Kier molecular flexibility index (Phi) is 4.55. The Morgan fingerprint density at radius 1 is 1.00 bits per heavy atom. The van der Waals surface area contributed by atoms with Gasteiger partial charge < -0.3 is 5.32 Å². The largest absolute Gasteiger partial charge is 0.322 e. The molecule has 1 fully saturated rings. The second-order valence-electron chi connectivity index (χ2n) is 5.90. The highest BCUT2D eigenvalue weighted by molar-refractivity contribution is 7.91. The molecule has 2 aromatic carbocycles. The van der Waals surface area contributed by atoms with Gasteiger partial charge in [0.1, 0.15) is 5.82 Å². The van der Waals surface area contributed by atoms with Crippen LogP contribution in [0, 0.1) is 17.5 Å². The Hall–Kier alpha value is -2.35. The normalized spacial score (nSPS) is 14.4. The van der Waals surface area contributed by atoms with Crippen molar-refractivity contribution in [1.82, 2.24) is 0 Å². The maximum Gasteiger partial charge on any atom is 0.255 e. The van der Waals surface area contributed by atoms with Gasteiger partial charge in [0.05, 0.1) is 11.0 Å². The SMILES string of the molecule is O=C(Nc1ccc(F)c(F)c1)c1ccc(F)c(CS(=O)(=O)C2CC2)c1. The molecular weight excluding hydrogens is 355 g/mol. The maximum absolute atomic E-state index is 13.9. The highest BCUT2D eigenvalue weighted by atomic mass is 32.2. The minimum absolute atomic E-state index is 0.0205. The van der Waals surface area contributed by atoms with Crippen LogP contribution in [-0.4, -0.2) is 19.6 Å². The number of rotatable bonds is 5. The molecule has 8 heteroatoms. The van der Waals surface area contributed by atoms with Crippen LogP contribution in [0.25, 0.3) is 0 Å². The van der Waals surface area contributed by atoms with Gasteiger partial charge in [-0.1, -0.05) is 0 Å². The second-order valence-corrected chi connectivity index (χ2v) is 8.18. The molecule has 0 radical (unpaired) electrons. The van der Waals surface area contributed by atoms with Gasteiger partial charge in [0.25, 0.3) is 5.91 Å². The van der Waals surface area contributed by atoms with E-state index in [9.17, 15) is 26.4 Å². The summed E-state index contributed by atoms with van der Waals surface area (Å²) >= 11 is 0. The number of sulfone groups is 1. The third kappa shape index (κ3) is 4.01. The summed E-state index contributed by atoms with van der Waals surface area (Å²) in [4.78, 5) is 12.2. The zero-order chi connectivity index (χ0) is 18.2. The van der Waals surface area contributed by atoms with E-state index in [0.717, 1.165) is 24.3 Å². The Bertz CT molecular complexity index is 940. The molecule has 0 spiro atoms. The van der Waals surface area contributed by atoms with E-state index < -0.39 is 44.2 Å². The predicted molar refractivity (Wildman–Crippen MR) is 86.4 cm³/mol. The Labute approximate surface area is 142 Å². The van der Waals surface area contributed by atoms with Gasteiger partial charge in [-0.05, 0) is 43.2 Å². The van der Waals surface area contributed by atoms with E-state index in [1.165, 1.54) is 12.1 Å². The van der Waals surface area contributed by atoms with Crippen molar-refractivity contribution in [2.45, 2.75) is 23.8 Å². The van der Waals surface area contributed by atoms with E-state index in [2.05, 4.69) is 5.32 Å². The van der Waals surface area contributed by atoms with Crippen molar-refractivity contribution in [2.24, 2.45) is 0 Å². The van der Waals surface area contributed by atoms with Crippen molar-refractivity contribution in [3.63, 3.8) is 0 Å². The predicted octanol–water partition coefficient (Wildman–Crippen LogP) is 3.43. The average Bonchev–Trinajstić information content (AvgIpc) is 3.38. The lowest BCUT2D eigenvalue weighted by Gasteiger charge is -2.09. The van der Waals surface area contributed by atoms with Crippen LogP contribution in [0.15, 0.2) is 36.4 Å². The first-order valence-corrected chi connectivity index (χ1v) is 9.24. The molecule has 0 atom stereocenters. The summed E-state index contributed by atoms with van der Waals surface area (Å²) in [7, 11) is -3.44. The standard InChI is InChI=1S/C17H14F3NO3S/c18-14-5-1-10(7-11(14)9-25(23,24)13-3-4-13)17(22)21-12-2-6-15(19)16(20)8-12/h1-2,5-8,13H,3-4,9H2,(H,21,22). The number of carbonyl (C=O) groups is 1. The summed E-state index contributed by atoms with van der Waals surface area (Å²) in [5.74, 6) is -4.04. The van der Waals surface area contributed by atoms with Crippen LogP contribution in [0.3, 0.4) is 0 Å². The van der Waals surface area contributed by atoms with E-state index >= 15 is 0 Å². The van der Waals surface area contributed by atoms with Crippen LogP contribution in [0.1, 0.15) is 28.8 Å². The van der Waals surface area contributed by atoms with Crippen LogP contribution in [0.5, 0.6) is 0 Å². The number of hydrogen-bond acceptors (Lipinski definition) is 3. The van der Waals surface area contributed by atoms with Crippen molar-refractivity contribution in [3.05, 3.63) is 65.0 Å². The molecule has 1 aliphatic carbocycles. The molecule has 0 aromatic heterocycles. The minimum atomic E-state index is -3.44. The van der Waals surface area contributed by atoms with Crippen molar-refractivity contribution in [3.8, 4) is 0 Å². The number of hydrogen-bond donors (Lipinski definition) is 1. The molecule has 2 aromatic rings. The molecule has 4 nitrogen and oxygen atoms in total. The number of nitrogens with one attached hydrogen (secondary N) is 1. The number of carbonyl (C=O) groups excluding carboxylic acids is 1. The van der Waals surface area contributed by atoms with Crippen LogP contribution in [-0.2, 0) is 15.6 Å². The molecule has 0 aliphatic heterocycles. The molecule has 0 saturated heterocycles. The zero-order valence-electron chi connectivity index (χ0n) is 12.9. The third-order valence-electron chi connectivity index (χ3n) is 3.87. The van der Waals surface area contributed by atoms with Gasteiger partial charge in [-0.25, -0.2) is 21.6 Å². The second kappa shape index (κ2) is 6.51. The third-order valence-corrected chi connectivity index (χ3v) is 6.07. The fourth-order valence-corrected chi connectivity index (χ4v) is 4.11. The average molecular weight is 369 g/mol.